The maximum atomic E-state index is 13.7. The van der Waals surface area contributed by atoms with E-state index in [0.29, 0.717) is 5.56 Å². The van der Waals surface area contributed by atoms with E-state index in [1.54, 1.807) is 48.5 Å². The SMILES string of the molecule is FC(F)(F)c1c(-c2ccccc2)noc1-c1nc(-c2ccccc2)no1. The predicted octanol–water partition coefficient (Wildman–Crippen LogP) is 5.08. The van der Waals surface area contributed by atoms with Crippen molar-refractivity contribution >= 4 is 0 Å². The first kappa shape index (κ1) is 16.1. The van der Waals surface area contributed by atoms with Crippen molar-refractivity contribution in [3.63, 3.8) is 0 Å². The summed E-state index contributed by atoms with van der Waals surface area (Å²) in [4.78, 5) is 4.02. The van der Waals surface area contributed by atoms with E-state index >= 15 is 0 Å². The van der Waals surface area contributed by atoms with Crippen molar-refractivity contribution in [3.05, 3.63) is 66.2 Å². The topological polar surface area (TPSA) is 65.0 Å². The molecule has 130 valence electrons. The summed E-state index contributed by atoms with van der Waals surface area (Å²) < 4.78 is 50.9. The number of hydrogen-bond donors (Lipinski definition) is 0. The van der Waals surface area contributed by atoms with E-state index in [4.69, 9.17) is 9.05 Å². The van der Waals surface area contributed by atoms with Gasteiger partial charge in [0.25, 0.3) is 5.89 Å². The van der Waals surface area contributed by atoms with Crippen LogP contribution in [0.1, 0.15) is 5.56 Å². The summed E-state index contributed by atoms with van der Waals surface area (Å²) in [6.07, 6.45) is -4.71. The van der Waals surface area contributed by atoms with Crippen LogP contribution in [0, 0.1) is 0 Å². The van der Waals surface area contributed by atoms with Crippen LogP contribution in [-0.2, 0) is 6.18 Å². The molecule has 0 saturated heterocycles. The minimum absolute atomic E-state index is 0.159. The molecule has 0 aliphatic heterocycles. The van der Waals surface area contributed by atoms with Gasteiger partial charge in [-0.3, -0.25) is 0 Å². The zero-order valence-corrected chi connectivity index (χ0v) is 13.1. The highest BCUT2D eigenvalue weighted by Gasteiger charge is 2.42. The molecule has 4 aromatic rings. The fourth-order valence-electron chi connectivity index (χ4n) is 2.51. The third-order valence-electron chi connectivity index (χ3n) is 3.68. The third-order valence-corrected chi connectivity index (χ3v) is 3.68. The molecule has 0 bridgehead atoms. The van der Waals surface area contributed by atoms with E-state index < -0.39 is 17.5 Å². The Morgan fingerprint density at radius 3 is 1.96 bits per heavy atom. The molecule has 0 saturated carbocycles. The van der Waals surface area contributed by atoms with Gasteiger partial charge in [-0.2, -0.15) is 18.2 Å². The standard InChI is InChI=1S/C18H10F3N3O2/c19-18(20,21)13-14(11-7-3-1-4-8-11)23-25-15(13)17-22-16(24-26-17)12-9-5-2-6-10-12/h1-10H. The number of alkyl halides is 3. The Morgan fingerprint density at radius 2 is 1.35 bits per heavy atom. The molecule has 2 aromatic carbocycles. The molecular weight excluding hydrogens is 347 g/mol. The molecule has 0 fully saturated rings. The van der Waals surface area contributed by atoms with Crippen molar-refractivity contribution < 1.29 is 22.2 Å². The normalized spacial score (nSPS) is 11.7. The van der Waals surface area contributed by atoms with Gasteiger partial charge in [-0.25, -0.2) is 0 Å². The molecule has 0 aliphatic rings. The molecule has 0 N–H and O–H groups in total. The summed E-state index contributed by atoms with van der Waals surface area (Å²) in [5.74, 6) is -0.830. The summed E-state index contributed by atoms with van der Waals surface area (Å²) in [6, 6.07) is 16.7. The number of benzene rings is 2. The van der Waals surface area contributed by atoms with E-state index in [9.17, 15) is 13.2 Å². The Balaban J connectivity index is 1.83. The second kappa shape index (κ2) is 6.14. The lowest BCUT2D eigenvalue weighted by Crippen LogP contribution is -2.07. The summed E-state index contributed by atoms with van der Waals surface area (Å²) in [6.45, 7) is 0. The van der Waals surface area contributed by atoms with Crippen molar-refractivity contribution in [3.8, 4) is 34.3 Å². The van der Waals surface area contributed by atoms with Gasteiger partial charge in [0.2, 0.25) is 11.6 Å². The average molecular weight is 357 g/mol. The Hall–Kier alpha value is -3.42. The highest BCUT2D eigenvalue weighted by Crippen LogP contribution is 2.42. The van der Waals surface area contributed by atoms with Crippen LogP contribution in [0.3, 0.4) is 0 Å². The van der Waals surface area contributed by atoms with Crippen LogP contribution in [0.5, 0.6) is 0 Å². The first-order chi connectivity index (χ1) is 12.5. The number of aromatic nitrogens is 3. The van der Waals surface area contributed by atoms with E-state index in [0.717, 1.165) is 0 Å². The van der Waals surface area contributed by atoms with Crippen molar-refractivity contribution in [1.29, 1.82) is 0 Å². The maximum absolute atomic E-state index is 13.7. The largest absolute Gasteiger partial charge is 0.422 e. The molecule has 0 spiro atoms. The number of nitrogens with zero attached hydrogens (tertiary/aromatic N) is 3. The van der Waals surface area contributed by atoms with Gasteiger partial charge < -0.3 is 9.05 Å². The second-order valence-electron chi connectivity index (χ2n) is 5.39. The third kappa shape index (κ3) is 2.85. The second-order valence-corrected chi connectivity index (χ2v) is 5.39. The van der Waals surface area contributed by atoms with Gasteiger partial charge in [0.15, 0.2) is 0 Å². The molecule has 2 heterocycles. The summed E-state index contributed by atoms with van der Waals surface area (Å²) in [7, 11) is 0. The highest BCUT2D eigenvalue weighted by atomic mass is 19.4. The molecule has 0 atom stereocenters. The van der Waals surface area contributed by atoms with Gasteiger partial charge in [0.05, 0.1) is 0 Å². The lowest BCUT2D eigenvalue weighted by Gasteiger charge is -2.06. The molecule has 8 heteroatoms. The lowest BCUT2D eigenvalue weighted by atomic mass is 10.1. The van der Waals surface area contributed by atoms with Crippen molar-refractivity contribution in [2.24, 2.45) is 0 Å². The molecule has 26 heavy (non-hydrogen) atoms. The van der Waals surface area contributed by atoms with Gasteiger partial charge in [0, 0.05) is 11.1 Å². The first-order valence-electron chi connectivity index (χ1n) is 7.56. The summed E-state index contributed by atoms with van der Waals surface area (Å²) in [5, 5.41) is 7.32. The summed E-state index contributed by atoms with van der Waals surface area (Å²) in [5.41, 5.74) is -0.490. The Bertz CT molecular complexity index is 1020. The molecule has 0 aliphatic carbocycles. The van der Waals surface area contributed by atoms with E-state index in [2.05, 4.69) is 15.3 Å². The molecule has 2 aromatic heterocycles. The van der Waals surface area contributed by atoms with Gasteiger partial charge in [-0.1, -0.05) is 71.0 Å². The fraction of sp³-hybridized carbons (Fsp3) is 0.0556. The predicted molar refractivity (Wildman–Crippen MR) is 85.7 cm³/mol. The molecule has 4 rings (SSSR count). The lowest BCUT2D eigenvalue weighted by molar-refractivity contribution is -0.136. The Morgan fingerprint density at radius 1 is 0.731 bits per heavy atom. The number of hydrogen-bond acceptors (Lipinski definition) is 5. The van der Waals surface area contributed by atoms with Gasteiger partial charge in [-0.15, -0.1) is 0 Å². The van der Waals surface area contributed by atoms with Crippen molar-refractivity contribution in [2.75, 3.05) is 0 Å². The van der Waals surface area contributed by atoms with Crippen LogP contribution in [0.2, 0.25) is 0 Å². The van der Waals surface area contributed by atoms with E-state index in [1.165, 1.54) is 12.1 Å². The van der Waals surface area contributed by atoms with Crippen LogP contribution in [0.15, 0.2) is 69.7 Å². The summed E-state index contributed by atoms with van der Waals surface area (Å²) >= 11 is 0. The Labute approximate surface area is 145 Å². The van der Waals surface area contributed by atoms with Crippen LogP contribution in [-0.4, -0.2) is 15.3 Å². The van der Waals surface area contributed by atoms with Crippen LogP contribution in [0.25, 0.3) is 34.3 Å². The van der Waals surface area contributed by atoms with Crippen molar-refractivity contribution in [2.45, 2.75) is 6.18 Å². The van der Waals surface area contributed by atoms with Crippen LogP contribution in [0.4, 0.5) is 13.2 Å². The molecule has 0 radical (unpaired) electrons. The zero-order valence-electron chi connectivity index (χ0n) is 13.1. The fourth-order valence-corrected chi connectivity index (χ4v) is 2.51. The molecule has 0 amide bonds. The minimum Gasteiger partial charge on any atom is -0.350 e. The van der Waals surface area contributed by atoms with Crippen molar-refractivity contribution in [1.82, 2.24) is 15.3 Å². The zero-order chi connectivity index (χ0) is 18.1. The quantitative estimate of drug-likeness (QED) is 0.512. The van der Waals surface area contributed by atoms with Gasteiger partial charge in [-0.05, 0) is 0 Å². The van der Waals surface area contributed by atoms with E-state index in [1.807, 2.05) is 0 Å². The monoisotopic (exact) mass is 357 g/mol. The molecular formula is C18H10F3N3O2. The van der Waals surface area contributed by atoms with Gasteiger partial charge in [0.1, 0.15) is 11.3 Å². The maximum Gasteiger partial charge on any atom is 0.422 e. The Kier molecular flexibility index (Phi) is 3.80. The smallest absolute Gasteiger partial charge is 0.350 e. The van der Waals surface area contributed by atoms with Crippen LogP contribution >= 0.6 is 0 Å². The first-order valence-corrected chi connectivity index (χ1v) is 7.56. The average Bonchev–Trinajstić information content (AvgIpc) is 3.30. The number of halogens is 3. The highest BCUT2D eigenvalue weighted by molar-refractivity contribution is 5.71. The van der Waals surface area contributed by atoms with Gasteiger partial charge >= 0.3 is 6.18 Å². The molecule has 5 nitrogen and oxygen atoms in total. The minimum atomic E-state index is -4.71. The van der Waals surface area contributed by atoms with Crippen LogP contribution < -0.4 is 0 Å². The van der Waals surface area contributed by atoms with E-state index in [-0.39, 0.29) is 23.0 Å². The number of rotatable bonds is 3. The molecule has 0 unspecified atom stereocenters.